The van der Waals surface area contributed by atoms with Gasteiger partial charge < -0.3 is 30.5 Å². The quantitative estimate of drug-likeness (QED) is 0.475. The number of aliphatic carboxylic acids is 2. The van der Waals surface area contributed by atoms with Gasteiger partial charge in [-0.1, -0.05) is 0 Å². The van der Waals surface area contributed by atoms with Gasteiger partial charge in [0.1, 0.15) is 13.1 Å². The summed E-state index contributed by atoms with van der Waals surface area (Å²) in [4.78, 5) is 35.3. The Kier molecular flexibility index (Phi) is 5.25. The maximum Gasteiger partial charge on any atom is 0.322 e. The van der Waals surface area contributed by atoms with Crippen molar-refractivity contribution in [3.63, 3.8) is 0 Å². The predicted molar refractivity (Wildman–Crippen MR) is 75.1 cm³/mol. The highest BCUT2D eigenvalue weighted by molar-refractivity contribution is 5.73. The zero-order valence-corrected chi connectivity index (χ0v) is 11.7. The molecule has 120 valence electrons. The van der Waals surface area contributed by atoms with Crippen molar-refractivity contribution in [1.82, 2.24) is 15.0 Å². The van der Waals surface area contributed by atoms with Crippen LogP contribution in [-0.4, -0.2) is 76.5 Å². The van der Waals surface area contributed by atoms with E-state index in [1.54, 1.807) is 0 Å². The molecule has 4 N–H and O–H groups in total. The summed E-state index contributed by atoms with van der Waals surface area (Å²) >= 11 is 0. The summed E-state index contributed by atoms with van der Waals surface area (Å²) in [6.07, 6.45) is 0. The van der Waals surface area contributed by atoms with Crippen LogP contribution in [-0.2, 0) is 14.3 Å². The minimum absolute atomic E-state index is 0.0618. The molecule has 1 saturated heterocycles. The maximum absolute atomic E-state index is 10.6. The second-order valence-electron chi connectivity index (χ2n) is 4.38. The van der Waals surface area contributed by atoms with E-state index < -0.39 is 11.9 Å². The molecule has 1 aliphatic heterocycles. The van der Waals surface area contributed by atoms with Gasteiger partial charge in [-0.05, 0) is 0 Å². The highest BCUT2D eigenvalue weighted by Crippen LogP contribution is 2.14. The van der Waals surface area contributed by atoms with Crippen molar-refractivity contribution < 1.29 is 24.5 Å². The lowest BCUT2D eigenvalue weighted by molar-refractivity contribution is -0.135. The zero-order valence-electron chi connectivity index (χ0n) is 11.7. The van der Waals surface area contributed by atoms with E-state index in [-0.39, 0.29) is 25.0 Å². The van der Waals surface area contributed by atoms with Crippen molar-refractivity contribution >= 4 is 29.8 Å². The van der Waals surface area contributed by atoms with Crippen LogP contribution in [0.3, 0.4) is 0 Å². The van der Waals surface area contributed by atoms with Gasteiger partial charge in [0.05, 0.1) is 13.2 Å². The number of hydrogen-bond acceptors (Lipinski definition) is 9. The third-order valence-electron chi connectivity index (χ3n) is 2.71. The first-order chi connectivity index (χ1) is 10.5. The van der Waals surface area contributed by atoms with Crippen LogP contribution in [0.15, 0.2) is 0 Å². The molecule has 0 spiro atoms. The van der Waals surface area contributed by atoms with Crippen molar-refractivity contribution in [2.24, 2.45) is 0 Å². The van der Waals surface area contributed by atoms with E-state index in [0.717, 1.165) is 0 Å². The molecule has 0 bridgehead atoms. The second-order valence-corrected chi connectivity index (χ2v) is 4.38. The van der Waals surface area contributed by atoms with Crippen LogP contribution in [0.2, 0.25) is 0 Å². The Morgan fingerprint density at radius 3 is 1.95 bits per heavy atom. The van der Waals surface area contributed by atoms with E-state index in [1.807, 2.05) is 4.90 Å². The van der Waals surface area contributed by atoms with Gasteiger partial charge in [0.15, 0.2) is 0 Å². The number of carbonyl (C=O) groups is 2. The summed E-state index contributed by atoms with van der Waals surface area (Å²) in [5, 5.41) is 22.5. The van der Waals surface area contributed by atoms with Gasteiger partial charge >= 0.3 is 11.9 Å². The Hall–Kier alpha value is -2.69. The molecule has 0 radical (unpaired) electrons. The Morgan fingerprint density at radius 2 is 1.50 bits per heavy atom. The fourth-order valence-corrected chi connectivity index (χ4v) is 1.74. The first-order valence-electron chi connectivity index (χ1n) is 6.54. The molecule has 2 heterocycles. The summed E-state index contributed by atoms with van der Waals surface area (Å²) in [5.74, 6) is -1.67. The third-order valence-corrected chi connectivity index (χ3v) is 2.71. The molecule has 0 aliphatic carbocycles. The number of nitrogens with zero attached hydrogens (tertiary/aromatic N) is 4. The van der Waals surface area contributed by atoms with Crippen molar-refractivity contribution in [1.29, 1.82) is 0 Å². The fraction of sp³-hybridized carbons (Fsp3) is 0.545. The molecule has 0 atom stereocenters. The summed E-state index contributed by atoms with van der Waals surface area (Å²) < 4.78 is 5.24. The Labute approximate surface area is 125 Å². The molecule has 0 unspecified atom stereocenters. The lowest BCUT2D eigenvalue weighted by Gasteiger charge is -2.27. The number of carboxylic acids is 2. The minimum Gasteiger partial charge on any atom is -0.480 e. The van der Waals surface area contributed by atoms with Gasteiger partial charge in [-0.2, -0.15) is 15.0 Å². The van der Waals surface area contributed by atoms with Gasteiger partial charge in [-0.15, -0.1) is 0 Å². The van der Waals surface area contributed by atoms with Crippen LogP contribution in [0, 0.1) is 0 Å². The molecule has 11 heteroatoms. The lowest BCUT2D eigenvalue weighted by Crippen LogP contribution is -2.37. The van der Waals surface area contributed by atoms with Gasteiger partial charge in [0.25, 0.3) is 0 Å². The van der Waals surface area contributed by atoms with Crippen molar-refractivity contribution in [3.05, 3.63) is 0 Å². The average Bonchev–Trinajstić information content (AvgIpc) is 2.51. The smallest absolute Gasteiger partial charge is 0.322 e. The van der Waals surface area contributed by atoms with Crippen LogP contribution >= 0.6 is 0 Å². The number of morpholine rings is 1. The van der Waals surface area contributed by atoms with Crippen LogP contribution in [0.4, 0.5) is 17.8 Å². The van der Waals surface area contributed by atoms with Gasteiger partial charge in [0, 0.05) is 13.1 Å². The monoisotopic (exact) mass is 312 g/mol. The second kappa shape index (κ2) is 7.36. The first-order valence-corrected chi connectivity index (χ1v) is 6.54. The number of hydrogen-bond donors (Lipinski definition) is 4. The van der Waals surface area contributed by atoms with E-state index in [4.69, 9.17) is 14.9 Å². The standard InChI is InChI=1S/C11H16N6O5/c18-7(19)5-12-9-14-10(13-6-8(20)21)16-11(15-9)17-1-3-22-4-2-17/h1-6H2,(H,18,19)(H,20,21)(H2,12,13,14,15,16). The zero-order chi connectivity index (χ0) is 15.9. The summed E-state index contributed by atoms with van der Waals surface area (Å²) in [5.41, 5.74) is 0. The Morgan fingerprint density at radius 1 is 1.00 bits per heavy atom. The van der Waals surface area contributed by atoms with Crippen molar-refractivity contribution in [3.8, 4) is 0 Å². The maximum atomic E-state index is 10.6. The van der Waals surface area contributed by atoms with Crippen molar-refractivity contribution in [2.45, 2.75) is 0 Å². The topological polar surface area (TPSA) is 150 Å². The van der Waals surface area contributed by atoms with Crippen LogP contribution < -0.4 is 15.5 Å². The molecule has 0 amide bonds. The van der Waals surface area contributed by atoms with Crippen LogP contribution in [0.25, 0.3) is 0 Å². The molecule has 11 nitrogen and oxygen atoms in total. The van der Waals surface area contributed by atoms with Gasteiger partial charge in [-0.3, -0.25) is 9.59 Å². The number of rotatable bonds is 7. The van der Waals surface area contributed by atoms with Crippen molar-refractivity contribution in [2.75, 3.05) is 54.9 Å². The normalized spacial score (nSPS) is 14.5. The van der Waals surface area contributed by atoms with E-state index in [2.05, 4.69) is 25.6 Å². The Bertz CT molecular complexity index is 512. The molecule has 1 aromatic heterocycles. The molecular formula is C11H16N6O5. The molecule has 1 fully saturated rings. The molecule has 0 aromatic carbocycles. The number of nitrogens with one attached hydrogen (secondary N) is 2. The molecule has 1 aromatic rings. The van der Waals surface area contributed by atoms with E-state index in [1.165, 1.54) is 0 Å². The molecule has 0 saturated carbocycles. The molecule has 2 rings (SSSR count). The number of aromatic nitrogens is 3. The fourth-order valence-electron chi connectivity index (χ4n) is 1.74. The highest BCUT2D eigenvalue weighted by atomic mass is 16.5. The third kappa shape index (κ3) is 4.70. The SMILES string of the molecule is O=C(O)CNc1nc(NCC(=O)O)nc(N2CCOCC2)n1. The summed E-state index contributed by atoms with van der Waals surface area (Å²) in [7, 11) is 0. The van der Waals surface area contributed by atoms with E-state index >= 15 is 0 Å². The Balaban J connectivity index is 2.17. The van der Waals surface area contributed by atoms with E-state index in [9.17, 15) is 9.59 Å². The van der Waals surface area contributed by atoms with E-state index in [0.29, 0.717) is 32.3 Å². The van der Waals surface area contributed by atoms with Crippen LogP contribution in [0.5, 0.6) is 0 Å². The van der Waals surface area contributed by atoms with Gasteiger partial charge in [-0.25, -0.2) is 0 Å². The summed E-state index contributed by atoms with van der Waals surface area (Å²) in [6, 6.07) is 0. The predicted octanol–water partition coefficient (Wildman–Crippen LogP) is -1.30. The lowest BCUT2D eigenvalue weighted by atomic mass is 10.4. The largest absolute Gasteiger partial charge is 0.480 e. The molecule has 1 aliphatic rings. The molecule has 22 heavy (non-hydrogen) atoms. The molecular weight excluding hydrogens is 296 g/mol. The minimum atomic E-state index is -1.06. The average molecular weight is 312 g/mol. The number of carboxylic acid groups (broad SMARTS) is 2. The number of ether oxygens (including phenoxy) is 1. The number of anilines is 3. The highest BCUT2D eigenvalue weighted by Gasteiger charge is 2.17. The van der Waals surface area contributed by atoms with Gasteiger partial charge in [0.2, 0.25) is 17.8 Å². The van der Waals surface area contributed by atoms with Crippen LogP contribution in [0.1, 0.15) is 0 Å². The summed E-state index contributed by atoms with van der Waals surface area (Å²) in [6.45, 7) is 1.51. The first kappa shape index (κ1) is 15.7.